The summed E-state index contributed by atoms with van der Waals surface area (Å²) in [6.45, 7) is 7.28. The fourth-order valence-corrected chi connectivity index (χ4v) is 2.04. The zero-order chi connectivity index (χ0) is 12.5. The molecule has 0 radical (unpaired) electrons. The normalized spacial score (nSPS) is 11.1. The van der Waals surface area contributed by atoms with Gasteiger partial charge in [0.1, 0.15) is 0 Å². The minimum absolute atomic E-state index is 0.108. The molecule has 0 fully saturated rings. The molecule has 0 N–H and O–H groups in total. The van der Waals surface area contributed by atoms with Crippen LogP contribution in [0.3, 0.4) is 0 Å². The van der Waals surface area contributed by atoms with Crippen LogP contribution in [-0.4, -0.2) is 35.2 Å². The molecule has 0 bridgehead atoms. The minimum atomic E-state index is -0.108. The highest BCUT2D eigenvalue weighted by Crippen LogP contribution is 2.15. The van der Waals surface area contributed by atoms with Crippen molar-refractivity contribution in [3.8, 4) is 0 Å². The van der Waals surface area contributed by atoms with E-state index in [2.05, 4.69) is 9.97 Å². The molecule has 1 heterocycles. The number of aryl methyl sites for hydroxylation is 1. The topological polar surface area (TPSA) is 44.2 Å². The van der Waals surface area contributed by atoms with Gasteiger partial charge in [0.05, 0.1) is 0 Å². The molecule has 0 spiro atoms. The Morgan fingerprint density at radius 3 is 2.29 bits per heavy atom. The molecule has 4 nitrogen and oxygen atoms in total. The molecule has 0 aliphatic carbocycles. The highest BCUT2D eigenvalue weighted by atomic mass is 32.2. The van der Waals surface area contributed by atoms with Crippen LogP contribution in [0.15, 0.2) is 17.6 Å². The number of hydrogen-bond donors (Lipinski definition) is 0. The molecule has 0 amide bonds. The first-order valence-electron chi connectivity index (χ1n) is 5.90. The summed E-state index contributed by atoms with van der Waals surface area (Å²) >= 11 is 1.63. The average Bonchev–Trinajstić information content (AvgIpc) is 2.32. The Balaban J connectivity index is 2.27. The van der Waals surface area contributed by atoms with Crippen LogP contribution in [0.1, 0.15) is 25.8 Å². The maximum Gasteiger partial charge on any atom is 0.187 e. The lowest BCUT2D eigenvalue weighted by atomic mass is 10.4. The second-order valence-corrected chi connectivity index (χ2v) is 4.58. The summed E-state index contributed by atoms with van der Waals surface area (Å²) in [6.07, 6.45) is 4.40. The highest BCUT2D eigenvalue weighted by Gasteiger charge is 2.08. The van der Waals surface area contributed by atoms with E-state index in [1.165, 1.54) is 0 Å². The van der Waals surface area contributed by atoms with E-state index in [0.29, 0.717) is 13.2 Å². The monoisotopic (exact) mass is 256 g/mol. The van der Waals surface area contributed by atoms with Gasteiger partial charge in [-0.2, -0.15) is 0 Å². The van der Waals surface area contributed by atoms with Gasteiger partial charge in [-0.1, -0.05) is 11.8 Å². The number of hydrogen-bond acceptors (Lipinski definition) is 5. The van der Waals surface area contributed by atoms with E-state index in [1.807, 2.05) is 33.2 Å². The van der Waals surface area contributed by atoms with Crippen molar-refractivity contribution < 1.29 is 9.47 Å². The lowest BCUT2D eigenvalue weighted by Gasteiger charge is -2.16. The lowest BCUT2D eigenvalue weighted by molar-refractivity contribution is -0.136. The summed E-state index contributed by atoms with van der Waals surface area (Å²) < 4.78 is 10.9. The Morgan fingerprint density at radius 1 is 1.18 bits per heavy atom. The minimum Gasteiger partial charge on any atom is -0.353 e. The molecular weight excluding hydrogens is 236 g/mol. The Morgan fingerprint density at radius 2 is 1.76 bits per heavy atom. The third-order valence-electron chi connectivity index (χ3n) is 2.05. The molecule has 0 unspecified atom stereocenters. The van der Waals surface area contributed by atoms with Gasteiger partial charge < -0.3 is 9.47 Å². The number of aromatic nitrogens is 2. The van der Waals surface area contributed by atoms with E-state index in [4.69, 9.17) is 9.47 Å². The molecule has 17 heavy (non-hydrogen) atoms. The predicted octanol–water partition coefficient (Wildman–Crippen LogP) is 2.67. The van der Waals surface area contributed by atoms with Crippen molar-refractivity contribution in [1.29, 1.82) is 0 Å². The van der Waals surface area contributed by atoms with Crippen LogP contribution in [0.5, 0.6) is 0 Å². The van der Waals surface area contributed by atoms with Crippen molar-refractivity contribution in [2.24, 2.45) is 0 Å². The van der Waals surface area contributed by atoms with Crippen molar-refractivity contribution in [2.45, 2.75) is 38.6 Å². The molecule has 0 aliphatic heterocycles. The third kappa shape index (κ3) is 6.00. The van der Waals surface area contributed by atoms with Crippen LogP contribution in [-0.2, 0) is 9.47 Å². The first-order chi connectivity index (χ1) is 8.26. The largest absolute Gasteiger partial charge is 0.353 e. The first-order valence-corrected chi connectivity index (χ1v) is 6.89. The number of ether oxygens (including phenoxy) is 2. The van der Waals surface area contributed by atoms with Crippen LogP contribution < -0.4 is 0 Å². The van der Waals surface area contributed by atoms with Crippen LogP contribution in [0.2, 0.25) is 0 Å². The van der Waals surface area contributed by atoms with Crippen molar-refractivity contribution >= 4 is 11.8 Å². The molecule has 1 aromatic heterocycles. The van der Waals surface area contributed by atoms with Crippen molar-refractivity contribution in [3.05, 3.63) is 18.0 Å². The first kappa shape index (κ1) is 14.4. The van der Waals surface area contributed by atoms with E-state index in [1.54, 1.807) is 11.8 Å². The zero-order valence-corrected chi connectivity index (χ0v) is 11.5. The predicted molar refractivity (Wildman–Crippen MR) is 69.2 cm³/mol. The fraction of sp³-hybridized carbons (Fsp3) is 0.667. The van der Waals surface area contributed by atoms with Crippen molar-refractivity contribution in [2.75, 3.05) is 19.0 Å². The van der Waals surface area contributed by atoms with E-state index < -0.39 is 0 Å². The molecule has 0 saturated heterocycles. The molecule has 1 rings (SSSR count). The van der Waals surface area contributed by atoms with Gasteiger partial charge in [0.25, 0.3) is 0 Å². The van der Waals surface area contributed by atoms with Gasteiger partial charge in [0.2, 0.25) is 0 Å². The average molecular weight is 256 g/mol. The second kappa shape index (κ2) is 8.44. The quantitative estimate of drug-likeness (QED) is 0.406. The van der Waals surface area contributed by atoms with Crippen molar-refractivity contribution in [1.82, 2.24) is 9.97 Å². The number of rotatable bonds is 8. The summed E-state index contributed by atoms with van der Waals surface area (Å²) in [7, 11) is 0. The summed E-state index contributed by atoms with van der Waals surface area (Å²) in [5.74, 6) is 0.897. The Bertz CT molecular complexity index is 300. The van der Waals surface area contributed by atoms with E-state index >= 15 is 0 Å². The molecule has 0 aromatic carbocycles. The van der Waals surface area contributed by atoms with E-state index in [0.717, 1.165) is 22.9 Å². The summed E-state index contributed by atoms with van der Waals surface area (Å²) in [4.78, 5) is 8.47. The number of nitrogens with zero attached hydrogens (tertiary/aromatic N) is 2. The van der Waals surface area contributed by atoms with Crippen molar-refractivity contribution in [3.63, 3.8) is 0 Å². The van der Waals surface area contributed by atoms with Crippen LogP contribution >= 0.6 is 11.8 Å². The maximum absolute atomic E-state index is 5.46. The highest BCUT2D eigenvalue weighted by molar-refractivity contribution is 7.99. The van der Waals surface area contributed by atoms with Crippen LogP contribution in [0, 0.1) is 6.92 Å². The molecule has 0 atom stereocenters. The van der Waals surface area contributed by atoms with Gasteiger partial charge in [-0.15, -0.1) is 0 Å². The fourth-order valence-electron chi connectivity index (χ4n) is 1.29. The molecule has 1 aromatic rings. The van der Waals surface area contributed by atoms with Gasteiger partial charge in [-0.05, 0) is 26.3 Å². The van der Waals surface area contributed by atoms with Gasteiger partial charge in [0, 0.05) is 37.8 Å². The summed E-state index contributed by atoms with van der Waals surface area (Å²) in [5, 5.41) is 0.808. The second-order valence-electron chi connectivity index (χ2n) is 3.52. The Kier molecular flexibility index (Phi) is 7.16. The Labute approximate surface area is 107 Å². The standard InChI is InChI=1S/C12H20N2O2S/c1-4-15-11(16-5-2)6-7-17-12-13-8-10(3)9-14-12/h8-9,11H,4-7H2,1-3H3. The van der Waals surface area contributed by atoms with Gasteiger partial charge in [-0.25, -0.2) is 9.97 Å². The van der Waals surface area contributed by atoms with E-state index in [9.17, 15) is 0 Å². The van der Waals surface area contributed by atoms with Gasteiger partial charge >= 0.3 is 0 Å². The maximum atomic E-state index is 5.46. The summed E-state index contributed by atoms with van der Waals surface area (Å²) in [6, 6.07) is 0. The van der Waals surface area contributed by atoms with Crippen LogP contribution in [0.25, 0.3) is 0 Å². The smallest absolute Gasteiger partial charge is 0.187 e. The third-order valence-corrected chi connectivity index (χ3v) is 2.96. The Hall–Kier alpha value is -0.650. The SMILES string of the molecule is CCOC(CCSc1ncc(C)cn1)OCC. The van der Waals surface area contributed by atoms with Crippen LogP contribution in [0.4, 0.5) is 0 Å². The van der Waals surface area contributed by atoms with Gasteiger partial charge in [0.15, 0.2) is 11.4 Å². The lowest BCUT2D eigenvalue weighted by Crippen LogP contribution is -2.18. The molecule has 0 aliphatic rings. The molecular formula is C12H20N2O2S. The molecule has 5 heteroatoms. The van der Waals surface area contributed by atoms with Gasteiger partial charge in [-0.3, -0.25) is 0 Å². The number of thioether (sulfide) groups is 1. The zero-order valence-electron chi connectivity index (χ0n) is 10.7. The molecule has 96 valence electrons. The molecule has 0 saturated carbocycles. The van der Waals surface area contributed by atoms with E-state index in [-0.39, 0.29) is 6.29 Å². The summed E-state index contributed by atoms with van der Waals surface area (Å²) in [5.41, 5.74) is 1.08.